The highest BCUT2D eigenvalue weighted by molar-refractivity contribution is 7.89. The summed E-state index contributed by atoms with van der Waals surface area (Å²) in [5.74, 6) is 0. The van der Waals surface area contributed by atoms with Gasteiger partial charge in [0.05, 0.1) is 17.5 Å². The van der Waals surface area contributed by atoms with Crippen LogP contribution in [0.1, 0.15) is 46.0 Å². The average molecular weight is 571 g/mol. The van der Waals surface area contributed by atoms with Gasteiger partial charge < -0.3 is 19.3 Å². The summed E-state index contributed by atoms with van der Waals surface area (Å²) in [7, 11) is -3.76. The first-order valence-electron chi connectivity index (χ1n) is 13.6. The molecule has 0 N–H and O–H groups in total. The Bertz CT molecular complexity index is 1060. The number of amides is 2. The van der Waals surface area contributed by atoms with Crippen LogP contribution in [0, 0.1) is 0 Å². The van der Waals surface area contributed by atoms with Gasteiger partial charge in [-0.15, -0.1) is 0 Å². The summed E-state index contributed by atoms with van der Waals surface area (Å²) in [4.78, 5) is 31.0. The van der Waals surface area contributed by atoms with Gasteiger partial charge in [-0.05, 0) is 63.8 Å². The van der Waals surface area contributed by atoms with Crippen molar-refractivity contribution < 1.29 is 27.5 Å². The fourth-order valence-electron chi connectivity index (χ4n) is 5.74. The molecule has 12 heteroatoms. The Kier molecular flexibility index (Phi) is 9.78. The predicted octanol–water partition coefficient (Wildman–Crippen LogP) is 3.65. The summed E-state index contributed by atoms with van der Waals surface area (Å²) in [5, 5.41) is 0.474. The van der Waals surface area contributed by atoms with Crippen molar-refractivity contribution in [1.29, 1.82) is 0 Å². The van der Waals surface area contributed by atoms with Crippen LogP contribution < -0.4 is 0 Å². The van der Waals surface area contributed by atoms with Gasteiger partial charge in [-0.2, -0.15) is 4.31 Å². The van der Waals surface area contributed by atoms with Crippen LogP contribution in [0.4, 0.5) is 9.59 Å². The van der Waals surface area contributed by atoms with Gasteiger partial charge in [-0.1, -0.05) is 18.0 Å². The number of ether oxygens (including phenoxy) is 2. The highest BCUT2D eigenvalue weighted by Gasteiger charge is 2.39. The lowest BCUT2D eigenvalue weighted by atomic mass is 10.0. The first-order valence-corrected chi connectivity index (χ1v) is 15.4. The van der Waals surface area contributed by atoms with Crippen LogP contribution in [0.2, 0.25) is 5.02 Å². The van der Waals surface area contributed by atoms with Gasteiger partial charge in [0.15, 0.2) is 0 Å². The number of benzene rings is 1. The molecule has 38 heavy (non-hydrogen) atoms. The Labute approximate surface area is 230 Å². The molecule has 3 saturated heterocycles. The minimum absolute atomic E-state index is 0.0232. The Balaban J connectivity index is 1.33. The van der Waals surface area contributed by atoms with Crippen molar-refractivity contribution in [3.05, 3.63) is 29.3 Å². The molecule has 1 aromatic carbocycles. The fraction of sp³-hybridized carbons (Fsp3) is 0.692. The first kappa shape index (κ1) is 28.9. The lowest BCUT2D eigenvalue weighted by Crippen LogP contribution is -2.57. The van der Waals surface area contributed by atoms with Crippen molar-refractivity contribution >= 4 is 33.8 Å². The Hall–Kier alpha value is -2.08. The third-order valence-electron chi connectivity index (χ3n) is 7.75. The number of hydrogen-bond donors (Lipinski definition) is 0. The first-order chi connectivity index (χ1) is 18.2. The van der Waals surface area contributed by atoms with Crippen LogP contribution in [0.3, 0.4) is 0 Å². The Morgan fingerprint density at radius 2 is 1.61 bits per heavy atom. The monoisotopic (exact) mass is 570 g/mol. The highest BCUT2D eigenvalue weighted by Crippen LogP contribution is 2.31. The topological polar surface area (TPSA) is 99.7 Å². The molecule has 1 aromatic rings. The maximum Gasteiger partial charge on any atom is 0.409 e. The molecule has 3 fully saturated rings. The molecule has 3 aliphatic rings. The number of nitrogens with zero attached hydrogens (tertiary/aromatic N) is 4. The molecule has 3 aliphatic heterocycles. The van der Waals surface area contributed by atoms with Gasteiger partial charge >= 0.3 is 12.2 Å². The maximum absolute atomic E-state index is 13.5. The molecular formula is C26H39ClN4O6S. The number of likely N-dealkylation sites (tertiary alicyclic amines) is 1. The van der Waals surface area contributed by atoms with E-state index in [0.717, 1.165) is 38.8 Å². The van der Waals surface area contributed by atoms with E-state index in [2.05, 4.69) is 4.90 Å². The molecule has 10 nitrogen and oxygen atoms in total. The summed E-state index contributed by atoms with van der Waals surface area (Å²) < 4.78 is 39.3. The van der Waals surface area contributed by atoms with Gasteiger partial charge in [-0.3, -0.25) is 4.90 Å². The van der Waals surface area contributed by atoms with E-state index in [-0.39, 0.29) is 29.7 Å². The normalized spacial score (nSPS) is 25.7. The minimum atomic E-state index is -3.76. The number of sulfonamides is 1. The van der Waals surface area contributed by atoms with E-state index >= 15 is 0 Å². The predicted molar refractivity (Wildman–Crippen MR) is 144 cm³/mol. The van der Waals surface area contributed by atoms with Crippen molar-refractivity contribution in [3.63, 3.8) is 0 Å². The molecule has 2 amide bonds. The molecule has 0 spiro atoms. The number of rotatable bonds is 6. The molecule has 0 radical (unpaired) electrons. The fourth-order valence-corrected chi connectivity index (χ4v) is 7.73. The molecule has 0 aliphatic carbocycles. The average Bonchev–Trinajstić information content (AvgIpc) is 2.92. The van der Waals surface area contributed by atoms with E-state index in [0.29, 0.717) is 44.2 Å². The van der Waals surface area contributed by atoms with E-state index in [1.807, 2.05) is 6.92 Å². The smallest absolute Gasteiger partial charge is 0.409 e. The second-order valence-corrected chi connectivity index (χ2v) is 12.5. The SMILES string of the molecule is CCOC(=O)N1CCN(C2CCCN(C(=O)OC[C@H]3CCC[C@@H](C)N3S(=O)(=O)c3ccc(Cl)cc3)C2)CC1. The molecule has 0 bridgehead atoms. The second-order valence-electron chi connectivity index (χ2n) is 10.3. The summed E-state index contributed by atoms with van der Waals surface area (Å²) in [6, 6.07) is 5.77. The van der Waals surface area contributed by atoms with Crippen molar-refractivity contribution in [2.45, 2.75) is 69.0 Å². The van der Waals surface area contributed by atoms with Crippen LogP contribution in [0.15, 0.2) is 29.2 Å². The molecule has 1 unspecified atom stereocenters. The second kappa shape index (κ2) is 12.8. The van der Waals surface area contributed by atoms with Crippen molar-refractivity contribution in [3.8, 4) is 0 Å². The number of carbonyl (C=O) groups is 2. The van der Waals surface area contributed by atoms with Crippen LogP contribution in [0.5, 0.6) is 0 Å². The molecule has 212 valence electrons. The molecule has 0 saturated carbocycles. The van der Waals surface area contributed by atoms with E-state index < -0.39 is 22.2 Å². The van der Waals surface area contributed by atoms with Crippen molar-refractivity contribution in [2.75, 3.05) is 52.5 Å². The van der Waals surface area contributed by atoms with Crippen molar-refractivity contribution in [2.24, 2.45) is 0 Å². The van der Waals surface area contributed by atoms with E-state index in [1.165, 1.54) is 16.4 Å². The zero-order valence-electron chi connectivity index (χ0n) is 22.3. The highest BCUT2D eigenvalue weighted by atomic mass is 35.5. The standard InChI is InChI=1S/C26H39ClN4O6S/c1-3-36-25(32)29-16-14-28(15-17-29)22-8-5-13-30(18-22)26(33)37-19-23-7-4-6-20(2)31(23)38(34,35)24-11-9-21(27)10-12-24/h9-12,20,22-23H,3-8,13-19H2,1-2H3/t20-,22?,23-/m1/s1. The lowest BCUT2D eigenvalue weighted by molar-refractivity contribution is 0.0289. The van der Waals surface area contributed by atoms with Gasteiger partial charge in [0.2, 0.25) is 10.0 Å². The van der Waals surface area contributed by atoms with E-state index in [4.69, 9.17) is 21.1 Å². The van der Waals surface area contributed by atoms with Crippen LogP contribution in [-0.2, 0) is 19.5 Å². The Morgan fingerprint density at radius 1 is 0.921 bits per heavy atom. The number of carbonyl (C=O) groups excluding carboxylic acids is 2. The zero-order valence-corrected chi connectivity index (χ0v) is 23.8. The molecule has 3 atom stereocenters. The lowest BCUT2D eigenvalue weighted by Gasteiger charge is -2.43. The van der Waals surface area contributed by atoms with Crippen LogP contribution in [0.25, 0.3) is 0 Å². The summed E-state index contributed by atoms with van der Waals surface area (Å²) in [5.41, 5.74) is 0. The third kappa shape index (κ3) is 6.73. The van der Waals surface area contributed by atoms with E-state index in [1.54, 1.807) is 28.9 Å². The Morgan fingerprint density at radius 3 is 2.29 bits per heavy atom. The summed E-state index contributed by atoms with van der Waals surface area (Å²) >= 11 is 5.96. The molecule has 0 aromatic heterocycles. The largest absolute Gasteiger partial charge is 0.450 e. The summed E-state index contributed by atoms with van der Waals surface area (Å²) in [6.45, 7) is 7.97. The quantitative estimate of drug-likeness (QED) is 0.515. The number of piperidine rings is 2. The van der Waals surface area contributed by atoms with Gasteiger partial charge in [-0.25, -0.2) is 18.0 Å². The van der Waals surface area contributed by atoms with Gasteiger partial charge in [0, 0.05) is 56.4 Å². The number of piperazine rings is 1. The van der Waals surface area contributed by atoms with Crippen LogP contribution in [-0.4, -0.2) is 110 Å². The van der Waals surface area contributed by atoms with Gasteiger partial charge in [0.25, 0.3) is 0 Å². The van der Waals surface area contributed by atoms with Gasteiger partial charge in [0.1, 0.15) is 6.61 Å². The zero-order chi connectivity index (χ0) is 27.3. The number of hydrogen-bond acceptors (Lipinski definition) is 7. The molecule has 3 heterocycles. The minimum Gasteiger partial charge on any atom is -0.450 e. The molecular weight excluding hydrogens is 532 g/mol. The maximum atomic E-state index is 13.5. The van der Waals surface area contributed by atoms with Crippen molar-refractivity contribution in [1.82, 2.24) is 19.0 Å². The molecule has 4 rings (SSSR count). The number of halogens is 1. The van der Waals surface area contributed by atoms with E-state index in [9.17, 15) is 18.0 Å². The van der Waals surface area contributed by atoms with Crippen LogP contribution >= 0.6 is 11.6 Å². The third-order valence-corrected chi connectivity index (χ3v) is 10.1. The summed E-state index contributed by atoms with van der Waals surface area (Å²) in [6.07, 6.45) is 3.45.